The molecule has 3 aromatic rings. The number of nitrogens with zero attached hydrogens (tertiary/aromatic N) is 6. The zero-order valence-corrected chi connectivity index (χ0v) is 20.3. The third-order valence-corrected chi connectivity index (χ3v) is 6.08. The third kappa shape index (κ3) is 3.91. The first kappa shape index (κ1) is 26.6. The number of hydrogen-bond donors (Lipinski definition) is 2. The standard InChI is InChI=1S/C28H6F4N8O2/c29-17-1-11(2-18(30)15(17)9-37)21-23-26(42-27(39-23)13(5-33)6-34)22(12-3-19(31)16(10-38)20(32)4-12)24-25(21)41-28(40-24)14(7-35)8-36/h1-4,39-40H. The van der Waals surface area contributed by atoms with Crippen LogP contribution in [0.25, 0.3) is 22.3 Å². The molecule has 0 amide bonds. The summed E-state index contributed by atoms with van der Waals surface area (Å²) in [4.78, 5) is 0. The monoisotopic (exact) mass is 562 g/mol. The number of ether oxygens (including phenoxy) is 2. The first-order valence-electron chi connectivity index (χ1n) is 11.2. The highest BCUT2D eigenvalue weighted by Gasteiger charge is 2.39. The molecule has 0 aliphatic carbocycles. The minimum absolute atomic E-state index is 0.200. The quantitative estimate of drug-likeness (QED) is 0.301. The molecule has 0 aromatic heterocycles. The molecule has 2 aliphatic heterocycles. The summed E-state index contributed by atoms with van der Waals surface area (Å²) in [6.07, 6.45) is 0. The average molecular weight is 562 g/mol. The highest BCUT2D eigenvalue weighted by Crippen LogP contribution is 2.60. The summed E-state index contributed by atoms with van der Waals surface area (Å²) in [6, 6.07) is 12.3. The van der Waals surface area contributed by atoms with E-state index in [0.29, 0.717) is 0 Å². The summed E-state index contributed by atoms with van der Waals surface area (Å²) in [5, 5.41) is 61.1. The first-order valence-corrected chi connectivity index (χ1v) is 11.2. The van der Waals surface area contributed by atoms with Crippen LogP contribution in [-0.4, -0.2) is 0 Å². The van der Waals surface area contributed by atoms with Gasteiger partial charge in [-0.15, -0.1) is 0 Å². The van der Waals surface area contributed by atoms with E-state index < -0.39 is 57.3 Å². The summed E-state index contributed by atoms with van der Waals surface area (Å²) < 4.78 is 70.5. The molecule has 2 heterocycles. The number of halogens is 4. The van der Waals surface area contributed by atoms with Gasteiger partial charge in [-0.3, -0.25) is 0 Å². The molecule has 198 valence electrons. The van der Waals surface area contributed by atoms with E-state index in [9.17, 15) is 38.6 Å². The SMILES string of the molecule is N#CC(C#N)=C1Nc2c(c(-c3cc(F)c(C#N)c(F)c3)c3c(c2-c2cc(F)c(C#N)c(F)c2)OC(=C(C#N)C#N)N3)O1. The first-order chi connectivity index (χ1) is 20.2. The van der Waals surface area contributed by atoms with Gasteiger partial charge in [0.1, 0.15) is 70.8 Å². The molecule has 0 fully saturated rings. The highest BCUT2D eigenvalue weighted by atomic mass is 19.1. The summed E-state index contributed by atoms with van der Waals surface area (Å²) >= 11 is 0. The minimum Gasteiger partial charge on any atom is -0.436 e. The molecular weight excluding hydrogens is 556 g/mol. The average Bonchev–Trinajstić information content (AvgIpc) is 3.57. The van der Waals surface area contributed by atoms with Crippen molar-refractivity contribution in [2.24, 2.45) is 0 Å². The maximum absolute atomic E-state index is 14.8. The van der Waals surface area contributed by atoms with Gasteiger partial charge in [0.25, 0.3) is 0 Å². The van der Waals surface area contributed by atoms with Crippen molar-refractivity contribution >= 4 is 11.4 Å². The van der Waals surface area contributed by atoms with Crippen LogP contribution in [0.15, 0.2) is 47.2 Å². The van der Waals surface area contributed by atoms with Crippen molar-refractivity contribution in [1.82, 2.24) is 0 Å². The lowest BCUT2D eigenvalue weighted by molar-refractivity contribution is 0.452. The van der Waals surface area contributed by atoms with Gasteiger partial charge in [0.2, 0.25) is 11.8 Å². The molecule has 0 spiro atoms. The van der Waals surface area contributed by atoms with Gasteiger partial charge in [-0.25, -0.2) is 17.6 Å². The number of allylic oxidation sites excluding steroid dienone is 2. The summed E-state index contributed by atoms with van der Waals surface area (Å²) in [5.41, 5.74) is -4.31. The number of fused-ring (bicyclic) bond motifs is 2. The van der Waals surface area contributed by atoms with Gasteiger partial charge in [-0.2, -0.15) is 31.6 Å². The van der Waals surface area contributed by atoms with E-state index in [0.717, 1.165) is 24.3 Å². The van der Waals surface area contributed by atoms with Crippen LogP contribution in [0.3, 0.4) is 0 Å². The molecular formula is C28H6F4N8O2. The van der Waals surface area contributed by atoms with Crippen molar-refractivity contribution in [3.63, 3.8) is 0 Å². The molecule has 5 rings (SSSR count). The molecule has 3 aromatic carbocycles. The van der Waals surface area contributed by atoms with E-state index in [-0.39, 0.29) is 45.1 Å². The molecule has 0 saturated heterocycles. The van der Waals surface area contributed by atoms with E-state index in [1.807, 2.05) is 0 Å². The lowest BCUT2D eigenvalue weighted by Gasteiger charge is -2.17. The predicted octanol–water partition coefficient (Wildman–Crippen LogP) is 5.45. The summed E-state index contributed by atoms with van der Waals surface area (Å²) in [6.45, 7) is 0. The number of nitrogens with one attached hydrogen (secondary N) is 2. The van der Waals surface area contributed by atoms with Crippen LogP contribution in [0, 0.1) is 91.3 Å². The number of anilines is 2. The highest BCUT2D eigenvalue weighted by molar-refractivity contribution is 6.05. The second kappa shape index (κ2) is 9.95. The van der Waals surface area contributed by atoms with Crippen LogP contribution in [0.5, 0.6) is 11.5 Å². The zero-order chi connectivity index (χ0) is 30.3. The Morgan fingerprint density at radius 1 is 0.548 bits per heavy atom. The predicted molar refractivity (Wildman–Crippen MR) is 132 cm³/mol. The Hall–Kier alpha value is -7.00. The van der Waals surface area contributed by atoms with Crippen LogP contribution in [-0.2, 0) is 0 Å². The summed E-state index contributed by atoms with van der Waals surface area (Å²) in [5.74, 6) is -6.60. The fourth-order valence-corrected chi connectivity index (χ4v) is 4.31. The maximum atomic E-state index is 14.8. The molecule has 42 heavy (non-hydrogen) atoms. The molecule has 0 saturated carbocycles. The van der Waals surface area contributed by atoms with Crippen LogP contribution < -0.4 is 20.1 Å². The van der Waals surface area contributed by atoms with Gasteiger partial charge >= 0.3 is 0 Å². The van der Waals surface area contributed by atoms with Crippen molar-refractivity contribution in [2.45, 2.75) is 0 Å². The smallest absolute Gasteiger partial charge is 0.226 e. The largest absolute Gasteiger partial charge is 0.436 e. The molecule has 2 aliphatic rings. The fraction of sp³-hybridized carbons (Fsp3) is 0. The minimum atomic E-state index is -1.27. The van der Waals surface area contributed by atoms with Gasteiger partial charge in [-0.05, 0) is 35.4 Å². The molecule has 0 unspecified atom stereocenters. The van der Waals surface area contributed by atoms with E-state index in [1.54, 1.807) is 24.3 Å². The zero-order valence-electron chi connectivity index (χ0n) is 20.3. The topological polar surface area (TPSA) is 185 Å². The molecule has 0 atom stereocenters. The Bertz CT molecular complexity index is 1840. The molecule has 14 heteroatoms. The van der Waals surface area contributed by atoms with E-state index in [4.69, 9.17) is 20.0 Å². The van der Waals surface area contributed by atoms with Crippen molar-refractivity contribution in [3.05, 3.63) is 81.6 Å². The Morgan fingerprint density at radius 3 is 1.12 bits per heavy atom. The Balaban J connectivity index is 1.96. The van der Waals surface area contributed by atoms with Crippen molar-refractivity contribution in [3.8, 4) is 70.2 Å². The van der Waals surface area contributed by atoms with Crippen LogP contribution in [0.1, 0.15) is 11.1 Å². The van der Waals surface area contributed by atoms with Gasteiger partial charge in [0, 0.05) is 0 Å². The Morgan fingerprint density at radius 2 is 0.857 bits per heavy atom. The lowest BCUT2D eigenvalue weighted by atomic mass is 9.92. The molecule has 2 N–H and O–H groups in total. The van der Waals surface area contributed by atoms with Crippen molar-refractivity contribution in [2.75, 3.05) is 10.6 Å². The number of hydrogen-bond acceptors (Lipinski definition) is 10. The van der Waals surface area contributed by atoms with E-state index >= 15 is 0 Å². The van der Waals surface area contributed by atoms with Gasteiger partial charge in [-0.1, -0.05) is 0 Å². The Kier molecular flexibility index (Phi) is 6.30. The maximum Gasteiger partial charge on any atom is 0.226 e. The lowest BCUT2D eigenvalue weighted by Crippen LogP contribution is -2.03. The number of benzene rings is 3. The molecule has 0 radical (unpaired) electrons. The van der Waals surface area contributed by atoms with Crippen molar-refractivity contribution < 1.29 is 27.0 Å². The van der Waals surface area contributed by atoms with Crippen LogP contribution in [0.2, 0.25) is 0 Å². The number of nitriles is 6. The van der Waals surface area contributed by atoms with Crippen LogP contribution >= 0.6 is 0 Å². The van der Waals surface area contributed by atoms with Gasteiger partial charge in [0.05, 0.1) is 22.5 Å². The van der Waals surface area contributed by atoms with Crippen LogP contribution in [0.4, 0.5) is 28.9 Å². The van der Waals surface area contributed by atoms with Gasteiger partial charge < -0.3 is 20.1 Å². The van der Waals surface area contributed by atoms with Gasteiger partial charge in [0.15, 0.2) is 22.6 Å². The second-order valence-corrected chi connectivity index (χ2v) is 8.32. The molecule has 0 bridgehead atoms. The van der Waals surface area contributed by atoms with E-state index in [1.165, 1.54) is 12.1 Å². The second-order valence-electron chi connectivity index (χ2n) is 8.32. The Labute approximate surface area is 232 Å². The normalized spacial score (nSPS) is 11.9. The molecule has 10 nitrogen and oxygen atoms in total. The number of rotatable bonds is 2. The van der Waals surface area contributed by atoms with E-state index in [2.05, 4.69) is 10.6 Å². The third-order valence-electron chi connectivity index (χ3n) is 6.08. The summed E-state index contributed by atoms with van der Waals surface area (Å²) in [7, 11) is 0. The fourth-order valence-electron chi connectivity index (χ4n) is 4.31. The van der Waals surface area contributed by atoms with Crippen molar-refractivity contribution in [1.29, 1.82) is 31.6 Å².